The molecule has 4 heterocycles. The standard InChI is InChI=1S/C28H33N5O2/c1-20-6-3-4-8-24(20)25-18-30-27(22-9-11-29-12-10-22)31-26(25)23-7-5-13-33(19-23)28(34)21(2)32-14-16-35-17-15-32/h3-4,6,8-12,18,21,23H,5,7,13-17,19H2,1-2H3/t21-,23-/m1/s1. The van der Waals surface area contributed by atoms with Gasteiger partial charge in [-0.2, -0.15) is 0 Å². The molecule has 0 aliphatic carbocycles. The lowest BCUT2D eigenvalue weighted by Gasteiger charge is -2.38. The average molecular weight is 472 g/mol. The van der Waals surface area contributed by atoms with Crippen LogP contribution in [0.2, 0.25) is 0 Å². The van der Waals surface area contributed by atoms with E-state index in [-0.39, 0.29) is 17.9 Å². The van der Waals surface area contributed by atoms with E-state index in [1.807, 2.05) is 30.2 Å². The number of nitrogens with zero attached hydrogens (tertiary/aromatic N) is 5. The molecule has 2 aliphatic heterocycles. The highest BCUT2D eigenvalue weighted by Crippen LogP contribution is 2.35. The SMILES string of the molecule is Cc1ccccc1-c1cnc(-c2ccncc2)nc1[C@@H]1CCCN(C(=O)[C@@H](C)N2CCOCC2)C1. The summed E-state index contributed by atoms with van der Waals surface area (Å²) in [5.74, 6) is 1.06. The molecule has 2 fully saturated rings. The summed E-state index contributed by atoms with van der Waals surface area (Å²) in [5.41, 5.74) is 5.37. The number of hydrogen-bond acceptors (Lipinski definition) is 6. The first-order valence-corrected chi connectivity index (χ1v) is 12.6. The van der Waals surface area contributed by atoms with E-state index < -0.39 is 0 Å². The van der Waals surface area contributed by atoms with Crippen LogP contribution in [0.3, 0.4) is 0 Å². The van der Waals surface area contributed by atoms with Gasteiger partial charge in [0, 0.05) is 61.8 Å². The molecule has 2 saturated heterocycles. The van der Waals surface area contributed by atoms with E-state index in [1.165, 1.54) is 5.56 Å². The Morgan fingerprint density at radius 3 is 2.60 bits per heavy atom. The Labute approximate surface area is 207 Å². The van der Waals surface area contributed by atoms with Gasteiger partial charge in [0.05, 0.1) is 24.9 Å². The number of rotatable bonds is 5. The van der Waals surface area contributed by atoms with Gasteiger partial charge in [-0.05, 0) is 49.9 Å². The van der Waals surface area contributed by atoms with E-state index in [4.69, 9.17) is 14.7 Å². The third kappa shape index (κ3) is 5.11. The van der Waals surface area contributed by atoms with Gasteiger partial charge in [-0.1, -0.05) is 24.3 Å². The Morgan fingerprint density at radius 2 is 1.83 bits per heavy atom. The summed E-state index contributed by atoms with van der Waals surface area (Å²) < 4.78 is 5.48. The van der Waals surface area contributed by atoms with Crippen molar-refractivity contribution < 1.29 is 9.53 Å². The lowest BCUT2D eigenvalue weighted by Crippen LogP contribution is -2.52. The van der Waals surface area contributed by atoms with E-state index in [0.717, 1.165) is 54.9 Å². The molecule has 0 unspecified atom stereocenters. The predicted molar refractivity (Wildman–Crippen MR) is 136 cm³/mol. The number of pyridine rings is 1. The van der Waals surface area contributed by atoms with Crippen LogP contribution in [0.15, 0.2) is 55.0 Å². The third-order valence-electron chi connectivity index (χ3n) is 7.26. The molecule has 7 nitrogen and oxygen atoms in total. The van der Waals surface area contributed by atoms with Crippen LogP contribution in [0.1, 0.15) is 36.9 Å². The maximum absolute atomic E-state index is 13.5. The van der Waals surface area contributed by atoms with Gasteiger partial charge in [-0.25, -0.2) is 9.97 Å². The summed E-state index contributed by atoms with van der Waals surface area (Å²) in [5, 5.41) is 0. The highest BCUT2D eigenvalue weighted by molar-refractivity contribution is 5.82. The number of ether oxygens (including phenoxy) is 1. The second-order valence-electron chi connectivity index (χ2n) is 9.49. The van der Waals surface area contributed by atoms with E-state index >= 15 is 0 Å². The van der Waals surface area contributed by atoms with Crippen LogP contribution < -0.4 is 0 Å². The molecule has 1 amide bonds. The van der Waals surface area contributed by atoms with Crippen molar-refractivity contribution in [1.29, 1.82) is 0 Å². The largest absolute Gasteiger partial charge is 0.379 e. The van der Waals surface area contributed by atoms with Crippen LogP contribution in [-0.2, 0) is 9.53 Å². The van der Waals surface area contributed by atoms with Gasteiger partial charge in [0.15, 0.2) is 5.82 Å². The first-order valence-electron chi connectivity index (χ1n) is 12.6. The smallest absolute Gasteiger partial charge is 0.239 e. The maximum Gasteiger partial charge on any atom is 0.239 e. The molecule has 182 valence electrons. The molecule has 2 aromatic heterocycles. The van der Waals surface area contributed by atoms with Crippen molar-refractivity contribution in [3.63, 3.8) is 0 Å². The van der Waals surface area contributed by atoms with Crippen LogP contribution in [0.5, 0.6) is 0 Å². The summed E-state index contributed by atoms with van der Waals surface area (Å²) in [7, 11) is 0. The highest BCUT2D eigenvalue weighted by atomic mass is 16.5. The molecule has 0 bridgehead atoms. The molecule has 0 radical (unpaired) electrons. The summed E-state index contributed by atoms with van der Waals surface area (Å²) in [4.78, 5) is 31.7. The van der Waals surface area contributed by atoms with Gasteiger partial charge in [-0.15, -0.1) is 0 Å². The van der Waals surface area contributed by atoms with Crippen LogP contribution >= 0.6 is 0 Å². The summed E-state index contributed by atoms with van der Waals surface area (Å²) >= 11 is 0. The number of morpholine rings is 1. The zero-order chi connectivity index (χ0) is 24.2. The fourth-order valence-electron chi connectivity index (χ4n) is 5.21. The topological polar surface area (TPSA) is 71.5 Å². The number of amides is 1. The van der Waals surface area contributed by atoms with Crippen LogP contribution in [-0.4, -0.2) is 76.1 Å². The number of benzene rings is 1. The fraction of sp³-hybridized carbons (Fsp3) is 0.429. The Hall–Kier alpha value is -3.16. The average Bonchev–Trinajstić information content (AvgIpc) is 2.93. The molecule has 3 aromatic rings. The van der Waals surface area contributed by atoms with Gasteiger partial charge in [-0.3, -0.25) is 14.7 Å². The second kappa shape index (κ2) is 10.6. The monoisotopic (exact) mass is 471 g/mol. The van der Waals surface area contributed by atoms with E-state index in [9.17, 15) is 4.79 Å². The molecule has 2 atom stereocenters. The summed E-state index contributed by atoms with van der Waals surface area (Å²) in [6.07, 6.45) is 7.45. The lowest BCUT2D eigenvalue weighted by molar-refractivity contribution is -0.139. The Balaban J connectivity index is 1.47. The Bertz CT molecular complexity index is 1160. The van der Waals surface area contributed by atoms with Crippen LogP contribution in [0.4, 0.5) is 0 Å². The minimum Gasteiger partial charge on any atom is -0.379 e. The maximum atomic E-state index is 13.5. The summed E-state index contributed by atoms with van der Waals surface area (Å²) in [6.45, 7) is 8.63. The van der Waals surface area contributed by atoms with Crippen molar-refractivity contribution >= 4 is 5.91 Å². The minimum absolute atomic E-state index is 0.133. The molecule has 0 saturated carbocycles. The van der Waals surface area contributed by atoms with Gasteiger partial charge in [0.1, 0.15) is 0 Å². The number of carbonyl (C=O) groups is 1. The molecule has 5 rings (SSSR count). The molecular weight excluding hydrogens is 438 g/mol. The minimum atomic E-state index is -0.133. The molecule has 1 aromatic carbocycles. The molecule has 0 N–H and O–H groups in total. The van der Waals surface area contributed by atoms with Crippen molar-refractivity contribution in [3.8, 4) is 22.5 Å². The van der Waals surface area contributed by atoms with Crippen LogP contribution in [0, 0.1) is 6.92 Å². The van der Waals surface area contributed by atoms with E-state index in [0.29, 0.717) is 25.6 Å². The van der Waals surface area contributed by atoms with Gasteiger partial charge in [0.2, 0.25) is 5.91 Å². The van der Waals surface area contributed by atoms with Crippen molar-refractivity contribution in [2.45, 2.75) is 38.6 Å². The number of piperidine rings is 1. The van der Waals surface area contributed by atoms with Crippen LogP contribution in [0.25, 0.3) is 22.5 Å². The molecule has 2 aliphatic rings. The van der Waals surface area contributed by atoms with Crippen molar-refractivity contribution in [2.75, 3.05) is 39.4 Å². The van der Waals surface area contributed by atoms with Crippen molar-refractivity contribution in [1.82, 2.24) is 24.8 Å². The van der Waals surface area contributed by atoms with E-state index in [2.05, 4.69) is 41.1 Å². The number of aryl methyl sites for hydroxylation is 1. The molecule has 7 heteroatoms. The fourth-order valence-corrected chi connectivity index (χ4v) is 5.21. The lowest BCUT2D eigenvalue weighted by atomic mass is 9.88. The zero-order valence-electron chi connectivity index (χ0n) is 20.6. The number of aromatic nitrogens is 3. The second-order valence-corrected chi connectivity index (χ2v) is 9.49. The predicted octanol–water partition coefficient (Wildman–Crippen LogP) is 3.94. The Morgan fingerprint density at radius 1 is 1.06 bits per heavy atom. The first-order chi connectivity index (χ1) is 17.1. The first kappa shape index (κ1) is 23.6. The third-order valence-corrected chi connectivity index (χ3v) is 7.26. The quantitative estimate of drug-likeness (QED) is 0.561. The normalized spacial score (nSPS) is 19.9. The van der Waals surface area contributed by atoms with Gasteiger partial charge in [0.25, 0.3) is 0 Å². The van der Waals surface area contributed by atoms with Crippen molar-refractivity contribution in [3.05, 3.63) is 66.2 Å². The molecule has 0 spiro atoms. The highest BCUT2D eigenvalue weighted by Gasteiger charge is 2.32. The van der Waals surface area contributed by atoms with E-state index in [1.54, 1.807) is 12.4 Å². The molecule has 35 heavy (non-hydrogen) atoms. The van der Waals surface area contributed by atoms with Gasteiger partial charge >= 0.3 is 0 Å². The molecular formula is C28H33N5O2. The zero-order valence-corrected chi connectivity index (χ0v) is 20.6. The van der Waals surface area contributed by atoms with Crippen molar-refractivity contribution in [2.24, 2.45) is 0 Å². The number of carbonyl (C=O) groups excluding carboxylic acids is 1. The summed E-state index contributed by atoms with van der Waals surface area (Å²) in [6, 6.07) is 12.1. The van der Waals surface area contributed by atoms with Gasteiger partial charge < -0.3 is 9.64 Å². The number of likely N-dealkylation sites (tertiary alicyclic amines) is 1. The Kier molecular flexibility index (Phi) is 7.16. The number of hydrogen-bond donors (Lipinski definition) is 0.